The number of rotatable bonds is 2. The summed E-state index contributed by atoms with van der Waals surface area (Å²) in [5.74, 6) is 2.42. The number of hydrogen-bond acceptors (Lipinski definition) is 2. The van der Waals surface area contributed by atoms with Crippen LogP contribution in [0.4, 0.5) is 0 Å². The van der Waals surface area contributed by atoms with Crippen molar-refractivity contribution in [3.8, 4) is 0 Å². The van der Waals surface area contributed by atoms with Crippen LogP contribution in [-0.2, 0) is 0 Å². The first kappa shape index (κ1) is 9.17. The Balaban J connectivity index is 1.81. The van der Waals surface area contributed by atoms with Crippen LogP contribution >= 0.6 is 0 Å². The molecular weight excluding hydrogens is 174 g/mol. The first-order valence-corrected chi connectivity index (χ1v) is 6.14. The van der Waals surface area contributed by atoms with Gasteiger partial charge in [0.1, 0.15) is 0 Å². The lowest BCUT2D eigenvalue weighted by Gasteiger charge is -2.42. The minimum Gasteiger partial charge on any atom is -0.396 e. The maximum Gasteiger partial charge on any atom is 0.0477 e. The quantitative estimate of drug-likeness (QED) is 0.721. The highest BCUT2D eigenvalue weighted by atomic mass is 16.3. The van der Waals surface area contributed by atoms with Gasteiger partial charge in [-0.1, -0.05) is 0 Å². The molecule has 3 aliphatic rings. The van der Waals surface area contributed by atoms with E-state index >= 15 is 0 Å². The molecule has 3 fully saturated rings. The maximum atomic E-state index is 9.55. The van der Waals surface area contributed by atoms with Crippen LogP contribution in [0.2, 0.25) is 0 Å². The predicted molar refractivity (Wildman–Crippen MR) is 56.0 cm³/mol. The van der Waals surface area contributed by atoms with Gasteiger partial charge < -0.3 is 10.0 Å². The third kappa shape index (κ3) is 1.24. The van der Waals surface area contributed by atoms with Gasteiger partial charge in [-0.25, -0.2) is 0 Å². The summed E-state index contributed by atoms with van der Waals surface area (Å²) < 4.78 is 0. The van der Waals surface area contributed by atoms with Crippen LogP contribution < -0.4 is 0 Å². The lowest BCUT2D eigenvalue weighted by atomic mass is 9.78. The SMILES string of the molecule is CN1C2CCC1[C@H](CO)[C@@H](C1CC1)C2. The van der Waals surface area contributed by atoms with E-state index in [1.165, 1.54) is 32.1 Å². The molecule has 80 valence electrons. The molecule has 3 rings (SSSR count). The van der Waals surface area contributed by atoms with E-state index in [4.69, 9.17) is 0 Å². The molecule has 2 nitrogen and oxygen atoms in total. The zero-order chi connectivity index (χ0) is 9.71. The van der Waals surface area contributed by atoms with Crippen LogP contribution in [0.25, 0.3) is 0 Å². The van der Waals surface area contributed by atoms with Crippen molar-refractivity contribution in [2.45, 2.75) is 44.2 Å². The van der Waals surface area contributed by atoms with Gasteiger partial charge in [0.15, 0.2) is 0 Å². The average Bonchev–Trinajstić information content (AvgIpc) is 2.98. The molecule has 0 radical (unpaired) electrons. The molecule has 14 heavy (non-hydrogen) atoms. The molecule has 2 heteroatoms. The summed E-state index contributed by atoms with van der Waals surface area (Å²) in [7, 11) is 2.26. The van der Waals surface area contributed by atoms with Crippen molar-refractivity contribution in [2.24, 2.45) is 17.8 Å². The van der Waals surface area contributed by atoms with Gasteiger partial charge in [0.25, 0.3) is 0 Å². The molecule has 2 heterocycles. The van der Waals surface area contributed by atoms with E-state index in [-0.39, 0.29) is 0 Å². The molecule has 0 aromatic heterocycles. The fourth-order valence-electron chi connectivity index (χ4n) is 3.94. The summed E-state index contributed by atoms with van der Waals surface area (Å²) >= 11 is 0. The minimum absolute atomic E-state index is 0.420. The normalized spacial score (nSPS) is 48.4. The van der Waals surface area contributed by atoms with Crippen molar-refractivity contribution in [3.63, 3.8) is 0 Å². The van der Waals surface area contributed by atoms with Gasteiger partial charge in [0, 0.05) is 24.6 Å². The molecule has 2 bridgehead atoms. The van der Waals surface area contributed by atoms with E-state index in [9.17, 15) is 5.11 Å². The highest BCUT2D eigenvalue weighted by Gasteiger charge is 2.49. The second-order valence-electron chi connectivity index (χ2n) is 5.55. The Morgan fingerprint density at radius 1 is 1.21 bits per heavy atom. The maximum absolute atomic E-state index is 9.55. The standard InChI is InChI=1S/C12H21NO/c1-13-9-4-5-12(13)11(7-14)10(6-9)8-2-3-8/h8-12,14H,2-7H2,1H3/t9?,10-,11-,12?/m1/s1. The number of fused-ring (bicyclic) bond motifs is 2. The Bertz CT molecular complexity index is 226. The lowest BCUT2D eigenvalue weighted by Crippen LogP contribution is -2.48. The largest absolute Gasteiger partial charge is 0.396 e. The fraction of sp³-hybridized carbons (Fsp3) is 1.00. The summed E-state index contributed by atoms with van der Waals surface area (Å²) in [5.41, 5.74) is 0. The van der Waals surface area contributed by atoms with Crippen molar-refractivity contribution < 1.29 is 5.11 Å². The summed E-state index contributed by atoms with van der Waals surface area (Å²) in [5, 5.41) is 9.55. The van der Waals surface area contributed by atoms with Gasteiger partial charge in [-0.2, -0.15) is 0 Å². The summed E-state index contributed by atoms with van der Waals surface area (Å²) in [6.07, 6.45) is 6.94. The molecule has 1 N–H and O–H groups in total. The van der Waals surface area contributed by atoms with Crippen LogP contribution in [0.3, 0.4) is 0 Å². The topological polar surface area (TPSA) is 23.5 Å². The molecule has 1 aliphatic carbocycles. The van der Waals surface area contributed by atoms with Gasteiger partial charge in [0.05, 0.1) is 0 Å². The molecule has 2 aliphatic heterocycles. The van der Waals surface area contributed by atoms with Crippen LogP contribution in [0.1, 0.15) is 32.1 Å². The number of aliphatic hydroxyl groups is 1. The Hall–Kier alpha value is -0.0800. The van der Waals surface area contributed by atoms with E-state index in [0.717, 1.165) is 17.9 Å². The second-order valence-corrected chi connectivity index (χ2v) is 5.55. The molecule has 0 aromatic carbocycles. The molecular formula is C12H21NO. The molecule has 1 saturated carbocycles. The highest BCUT2D eigenvalue weighted by molar-refractivity contribution is 5.02. The van der Waals surface area contributed by atoms with E-state index < -0.39 is 0 Å². The summed E-state index contributed by atoms with van der Waals surface area (Å²) in [6, 6.07) is 1.54. The van der Waals surface area contributed by atoms with E-state index in [0.29, 0.717) is 18.6 Å². The average molecular weight is 195 g/mol. The lowest BCUT2D eigenvalue weighted by molar-refractivity contribution is 0.0219. The minimum atomic E-state index is 0.420. The Morgan fingerprint density at radius 2 is 2.00 bits per heavy atom. The monoisotopic (exact) mass is 195 g/mol. The van der Waals surface area contributed by atoms with Gasteiger partial charge >= 0.3 is 0 Å². The first-order valence-electron chi connectivity index (χ1n) is 6.14. The molecule has 2 unspecified atom stereocenters. The van der Waals surface area contributed by atoms with Crippen molar-refractivity contribution in [2.75, 3.05) is 13.7 Å². The van der Waals surface area contributed by atoms with Gasteiger partial charge in [-0.3, -0.25) is 0 Å². The number of hydrogen-bond donors (Lipinski definition) is 1. The van der Waals surface area contributed by atoms with E-state index in [1.54, 1.807) is 0 Å². The number of aliphatic hydroxyl groups excluding tert-OH is 1. The summed E-state index contributed by atoms with van der Waals surface area (Å²) in [4.78, 5) is 2.54. The van der Waals surface area contributed by atoms with E-state index in [1.807, 2.05) is 0 Å². The Morgan fingerprint density at radius 3 is 2.64 bits per heavy atom. The smallest absolute Gasteiger partial charge is 0.0477 e. The molecule has 2 saturated heterocycles. The van der Waals surface area contributed by atoms with Gasteiger partial charge in [-0.15, -0.1) is 0 Å². The molecule has 0 aromatic rings. The van der Waals surface area contributed by atoms with Crippen LogP contribution in [0, 0.1) is 17.8 Å². The second kappa shape index (κ2) is 3.21. The van der Waals surface area contributed by atoms with Gasteiger partial charge in [0.2, 0.25) is 0 Å². The third-order valence-electron chi connectivity index (χ3n) is 4.92. The fourth-order valence-corrected chi connectivity index (χ4v) is 3.94. The zero-order valence-corrected chi connectivity index (χ0v) is 9.02. The third-order valence-corrected chi connectivity index (χ3v) is 4.92. The number of nitrogens with zero attached hydrogens (tertiary/aromatic N) is 1. The Kier molecular flexibility index (Phi) is 2.10. The van der Waals surface area contributed by atoms with Gasteiger partial charge in [-0.05, 0) is 51.0 Å². The highest BCUT2D eigenvalue weighted by Crippen LogP contribution is 2.50. The molecule has 0 amide bonds. The van der Waals surface area contributed by atoms with Crippen LogP contribution in [0.15, 0.2) is 0 Å². The van der Waals surface area contributed by atoms with Crippen molar-refractivity contribution in [1.82, 2.24) is 4.90 Å². The van der Waals surface area contributed by atoms with Crippen molar-refractivity contribution >= 4 is 0 Å². The van der Waals surface area contributed by atoms with Crippen molar-refractivity contribution in [1.29, 1.82) is 0 Å². The first-order chi connectivity index (χ1) is 6.81. The van der Waals surface area contributed by atoms with Crippen LogP contribution in [0.5, 0.6) is 0 Å². The van der Waals surface area contributed by atoms with E-state index in [2.05, 4.69) is 11.9 Å². The molecule has 4 atom stereocenters. The Labute approximate surface area is 86.3 Å². The number of piperidine rings is 1. The molecule has 0 spiro atoms. The van der Waals surface area contributed by atoms with Crippen molar-refractivity contribution in [3.05, 3.63) is 0 Å². The predicted octanol–water partition coefficient (Wildman–Crippen LogP) is 1.49. The zero-order valence-electron chi connectivity index (χ0n) is 9.02. The summed E-state index contributed by atoms with van der Waals surface area (Å²) in [6.45, 7) is 0.420. The van der Waals surface area contributed by atoms with Crippen LogP contribution in [-0.4, -0.2) is 35.7 Å².